The summed E-state index contributed by atoms with van der Waals surface area (Å²) < 4.78 is 5.77. The average Bonchev–Trinajstić information content (AvgIpc) is 2.27. The van der Waals surface area contributed by atoms with Crippen molar-refractivity contribution in [2.24, 2.45) is 0 Å². The van der Waals surface area contributed by atoms with E-state index in [-0.39, 0.29) is 0 Å². The third-order valence-corrected chi connectivity index (χ3v) is 3.23. The molecular formula is C13H20N2O. The van der Waals surface area contributed by atoms with Gasteiger partial charge in [0.05, 0.1) is 18.0 Å². The molecule has 1 aliphatic carbocycles. The van der Waals surface area contributed by atoms with E-state index in [1.165, 1.54) is 19.3 Å². The SMILES string of the molecule is CCC(NC)c1ccc(OC2CCC2)cn1. The van der Waals surface area contributed by atoms with Crippen molar-refractivity contribution in [1.82, 2.24) is 10.3 Å². The molecule has 0 radical (unpaired) electrons. The maximum atomic E-state index is 5.77. The lowest BCUT2D eigenvalue weighted by Gasteiger charge is -2.26. The van der Waals surface area contributed by atoms with Crippen LogP contribution >= 0.6 is 0 Å². The molecule has 1 atom stereocenters. The zero-order valence-corrected chi connectivity index (χ0v) is 10.1. The van der Waals surface area contributed by atoms with Gasteiger partial charge in [0, 0.05) is 6.04 Å². The van der Waals surface area contributed by atoms with Crippen LogP contribution in [0.25, 0.3) is 0 Å². The third-order valence-electron chi connectivity index (χ3n) is 3.23. The van der Waals surface area contributed by atoms with E-state index in [1.807, 2.05) is 19.3 Å². The van der Waals surface area contributed by atoms with E-state index in [0.29, 0.717) is 12.1 Å². The van der Waals surface area contributed by atoms with E-state index in [0.717, 1.165) is 17.9 Å². The molecule has 1 saturated carbocycles. The molecule has 0 aliphatic heterocycles. The molecule has 1 aliphatic rings. The highest BCUT2D eigenvalue weighted by molar-refractivity contribution is 5.22. The lowest BCUT2D eigenvalue weighted by molar-refractivity contribution is 0.120. The van der Waals surface area contributed by atoms with Crippen LogP contribution in [0.3, 0.4) is 0 Å². The van der Waals surface area contributed by atoms with Crippen LogP contribution in [-0.2, 0) is 0 Å². The predicted octanol–water partition coefficient (Wildman–Crippen LogP) is 2.68. The van der Waals surface area contributed by atoms with Gasteiger partial charge in [0.25, 0.3) is 0 Å². The molecule has 1 heterocycles. The van der Waals surface area contributed by atoms with Gasteiger partial charge in [-0.15, -0.1) is 0 Å². The van der Waals surface area contributed by atoms with E-state index in [2.05, 4.69) is 23.3 Å². The largest absolute Gasteiger partial charge is 0.489 e. The van der Waals surface area contributed by atoms with Crippen LogP contribution in [0.1, 0.15) is 44.3 Å². The van der Waals surface area contributed by atoms with Gasteiger partial charge < -0.3 is 10.1 Å². The van der Waals surface area contributed by atoms with Gasteiger partial charge in [-0.3, -0.25) is 4.98 Å². The second-order valence-corrected chi connectivity index (χ2v) is 4.34. The average molecular weight is 220 g/mol. The van der Waals surface area contributed by atoms with E-state index >= 15 is 0 Å². The van der Waals surface area contributed by atoms with Crippen molar-refractivity contribution in [2.75, 3.05) is 7.05 Å². The number of hydrogen-bond acceptors (Lipinski definition) is 3. The molecule has 0 saturated heterocycles. The minimum atomic E-state index is 0.345. The molecule has 0 aromatic carbocycles. The van der Waals surface area contributed by atoms with E-state index in [4.69, 9.17) is 4.74 Å². The molecule has 1 aromatic heterocycles. The summed E-state index contributed by atoms with van der Waals surface area (Å²) in [6, 6.07) is 4.43. The molecule has 1 aromatic rings. The normalized spacial score (nSPS) is 17.9. The van der Waals surface area contributed by atoms with Crippen LogP contribution in [0.2, 0.25) is 0 Å². The Morgan fingerprint density at radius 1 is 1.50 bits per heavy atom. The molecule has 1 fully saturated rings. The second-order valence-electron chi connectivity index (χ2n) is 4.34. The summed E-state index contributed by atoms with van der Waals surface area (Å²) in [6.07, 6.45) is 7.00. The number of ether oxygens (including phenoxy) is 1. The molecule has 16 heavy (non-hydrogen) atoms. The van der Waals surface area contributed by atoms with Gasteiger partial charge in [-0.1, -0.05) is 6.92 Å². The first-order valence-corrected chi connectivity index (χ1v) is 6.13. The Hall–Kier alpha value is -1.09. The number of nitrogens with zero attached hydrogens (tertiary/aromatic N) is 1. The van der Waals surface area contributed by atoms with Crippen molar-refractivity contribution in [1.29, 1.82) is 0 Å². The molecule has 3 nitrogen and oxygen atoms in total. The number of hydrogen-bond donors (Lipinski definition) is 1. The Bertz CT molecular complexity index is 315. The maximum Gasteiger partial charge on any atom is 0.138 e. The minimum absolute atomic E-state index is 0.345. The Morgan fingerprint density at radius 3 is 2.75 bits per heavy atom. The predicted molar refractivity (Wildman–Crippen MR) is 64.6 cm³/mol. The summed E-state index contributed by atoms with van der Waals surface area (Å²) in [5, 5.41) is 3.25. The Kier molecular flexibility index (Phi) is 3.78. The number of aromatic nitrogens is 1. The topological polar surface area (TPSA) is 34.1 Å². The van der Waals surface area contributed by atoms with Crippen LogP contribution < -0.4 is 10.1 Å². The Balaban J connectivity index is 1.97. The molecule has 0 amide bonds. The van der Waals surface area contributed by atoms with Crippen LogP contribution in [0, 0.1) is 0 Å². The van der Waals surface area contributed by atoms with Crippen molar-refractivity contribution >= 4 is 0 Å². The van der Waals surface area contributed by atoms with E-state index in [9.17, 15) is 0 Å². The molecule has 0 bridgehead atoms. The van der Waals surface area contributed by atoms with Gasteiger partial charge in [-0.25, -0.2) is 0 Å². The van der Waals surface area contributed by atoms with Crippen molar-refractivity contribution in [3.05, 3.63) is 24.0 Å². The highest BCUT2D eigenvalue weighted by atomic mass is 16.5. The fourth-order valence-electron chi connectivity index (χ4n) is 1.91. The van der Waals surface area contributed by atoms with Crippen molar-refractivity contribution in [3.63, 3.8) is 0 Å². The van der Waals surface area contributed by atoms with Gasteiger partial charge in [0.15, 0.2) is 0 Å². The van der Waals surface area contributed by atoms with Crippen molar-refractivity contribution in [2.45, 2.75) is 44.8 Å². The Morgan fingerprint density at radius 2 is 2.31 bits per heavy atom. The summed E-state index contributed by atoms with van der Waals surface area (Å²) in [5.41, 5.74) is 1.09. The molecule has 2 rings (SSSR count). The number of rotatable bonds is 5. The van der Waals surface area contributed by atoms with Gasteiger partial charge in [0.2, 0.25) is 0 Å². The van der Waals surface area contributed by atoms with Gasteiger partial charge in [-0.2, -0.15) is 0 Å². The zero-order chi connectivity index (χ0) is 11.4. The highest BCUT2D eigenvalue weighted by Crippen LogP contribution is 2.25. The van der Waals surface area contributed by atoms with Gasteiger partial charge >= 0.3 is 0 Å². The third kappa shape index (κ3) is 2.53. The van der Waals surface area contributed by atoms with Crippen LogP contribution in [0.5, 0.6) is 5.75 Å². The second kappa shape index (κ2) is 5.30. The van der Waals surface area contributed by atoms with Crippen LogP contribution in [-0.4, -0.2) is 18.1 Å². The molecule has 3 heteroatoms. The zero-order valence-electron chi connectivity index (χ0n) is 10.1. The first kappa shape index (κ1) is 11.4. The lowest BCUT2D eigenvalue weighted by atomic mass is 9.96. The smallest absolute Gasteiger partial charge is 0.138 e. The molecular weight excluding hydrogens is 200 g/mol. The molecule has 1 unspecified atom stereocenters. The first-order chi connectivity index (χ1) is 7.83. The van der Waals surface area contributed by atoms with Gasteiger partial charge in [0.1, 0.15) is 5.75 Å². The first-order valence-electron chi connectivity index (χ1n) is 6.13. The molecule has 88 valence electrons. The van der Waals surface area contributed by atoms with E-state index in [1.54, 1.807) is 0 Å². The quantitative estimate of drug-likeness (QED) is 0.828. The summed E-state index contributed by atoms with van der Waals surface area (Å²) in [5.74, 6) is 0.902. The van der Waals surface area contributed by atoms with Crippen LogP contribution in [0.4, 0.5) is 0 Å². The van der Waals surface area contributed by atoms with Gasteiger partial charge in [-0.05, 0) is 44.9 Å². The fourth-order valence-corrected chi connectivity index (χ4v) is 1.91. The monoisotopic (exact) mass is 220 g/mol. The molecule has 1 N–H and O–H groups in total. The summed E-state index contributed by atoms with van der Waals surface area (Å²) in [4.78, 5) is 4.44. The lowest BCUT2D eigenvalue weighted by Crippen LogP contribution is -2.24. The van der Waals surface area contributed by atoms with Crippen molar-refractivity contribution < 1.29 is 4.74 Å². The summed E-state index contributed by atoms with van der Waals surface area (Å²) in [7, 11) is 1.97. The summed E-state index contributed by atoms with van der Waals surface area (Å²) in [6.45, 7) is 2.15. The van der Waals surface area contributed by atoms with Crippen LogP contribution in [0.15, 0.2) is 18.3 Å². The van der Waals surface area contributed by atoms with E-state index < -0.39 is 0 Å². The van der Waals surface area contributed by atoms with Crippen molar-refractivity contribution in [3.8, 4) is 5.75 Å². The molecule has 0 spiro atoms. The Labute approximate surface area is 97.2 Å². The minimum Gasteiger partial charge on any atom is -0.489 e. The number of nitrogens with one attached hydrogen (secondary N) is 1. The standard InChI is InChI=1S/C13H20N2O/c1-3-12(14-2)13-8-7-11(9-15-13)16-10-5-4-6-10/h7-10,12,14H,3-6H2,1-2H3. The highest BCUT2D eigenvalue weighted by Gasteiger charge is 2.19. The fraction of sp³-hybridized carbons (Fsp3) is 0.615. The maximum absolute atomic E-state index is 5.77. The number of pyridine rings is 1. The summed E-state index contributed by atoms with van der Waals surface area (Å²) >= 11 is 0.